The SMILES string of the molecule is CCCCOCCNCCn1ccnc1. The number of imidazole rings is 1. The van der Waals surface area contributed by atoms with E-state index in [1.54, 1.807) is 6.20 Å². The van der Waals surface area contributed by atoms with Crippen LogP contribution in [0.3, 0.4) is 0 Å². The van der Waals surface area contributed by atoms with E-state index >= 15 is 0 Å². The largest absolute Gasteiger partial charge is 0.380 e. The second kappa shape index (κ2) is 8.44. The molecule has 1 N–H and O–H groups in total. The van der Waals surface area contributed by atoms with Gasteiger partial charge in [0.1, 0.15) is 0 Å². The van der Waals surface area contributed by atoms with Crippen LogP contribution in [0.5, 0.6) is 0 Å². The van der Waals surface area contributed by atoms with Gasteiger partial charge in [0.25, 0.3) is 0 Å². The van der Waals surface area contributed by atoms with Gasteiger partial charge < -0.3 is 14.6 Å². The monoisotopic (exact) mass is 211 g/mol. The van der Waals surface area contributed by atoms with Gasteiger partial charge in [-0.2, -0.15) is 0 Å². The minimum Gasteiger partial charge on any atom is -0.380 e. The van der Waals surface area contributed by atoms with E-state index in [1.165, 1.54) is 6.42 Å². The van der Waals surface area contributed by atoms with Crippen LogP contribution in [0.4, 0.5) is 0 Å². The first-order valence-corrected chi connectivity index (χ1v) is 5.67. The summed E-state index contributed by atoms with van der Waals surface area (Å²) < 4.78 is 7.49. The van der Waals surface area contributed by atoms with E-state index < -0.39 is 0 Å². The molecule has 0 unspecified atom stereocenters. The fourth-order valence-electron chi connectivity index (χ4n) is 1.24. The standard InChI is InChI=1S/C11H21N3O/c1-2-3-9-15-10-6-12-4-7-14-8-5-13-11-14/h5,8,11-12H,2-4,6-7,9-10H2,1H3. The van der Waals surface area contributed by atoms with Crippen molar-refractivity contribution in [3.05, 3.63) is 18.7 Å². The van der Waals surface area contributed by atoms with Crippen molar-refractivity contribution < 1.29 is 4.74 Å². The molecule has 4 heteroatoms. The van der Waals surface area contributed by atoms with Gasteiger partial charge in [-0.1, -0.05) is 13.3 Å². The summed E-state index contributed by atoms with van der Waals surface area (Å²) in [6, 6.07) is 0. The van der Waals surface area contributed by atoms with Gasteiger partial charge in [-0.25, -0.2) is 4.98 Å². The van der Waals surface area contributed by atoms with Crippen molar-refractivity contribution in [2.45, 2.75) is 26.3 Å². The molecule has 0 fully saturated rings. The first kappa shape index (κ1) is 12.2. The molecule has 1 rings (SSSR count). The summed E-state index contributed by atoms with van der Waals surface area (Å²) in [6.45, 7) is 6.73. The summed E-state index contributed by atoms with van der Waals surface area (Å²) in [4.78, 5) is 3.98. The van der Waals surface area contributed by atoms with E-state index in [0.717, 1.165) is 39.3 Å². The lowest BCUT2D eigenvalue weighted by Crippen LogP contribution is -2.23. The van der Waals surface area contributed by atoms with Gasteiger partial charge in [0.15, 0.2) is 0 Å². The average Bonchev–Trinajstić information content (AvgIpc) is 2.75. The first-order chi connectivity index (χ1) is 7.43. The van der Waals surface area contributed by atoms with E-state index in [2.05, 4.69) is 21.8 Å². The zero-order valence-electron chi connectivity index (χ0n) is 9.48. The van der Waals surface area contributed by atoms with Gasteiger partial charge in [-0.15, -0.1) is 0 Å². The van der Waals surface area contributed by atoms with Gasteiger partial charge in [0, 0.05) is 38.6 Å². The minimum absolute atomic E-state index is 0.809. The summed E-state index contributed by atoms with van der Waals surface area (Å²) in [6.07, 6.45) is 7.97. The second-order valence-electron chi connectivity index (χ2n) is 3.52. The van der Waals surface area contributed by atoms with Crippen LogP contribution in [0.15, 0.2) is 18.7 Å². The molecule has 1 aromatic heterocycles. The highest BCUT2D eigenvalue weighted by atomic mass is 16.5. The molecule has 15 heavy (non-hydrogen) atoms. The molecule has 0 aromatic carbocycles. The summed E-state index contributed by atoms with van der Waals surface area (Å²) in [5, 5.41) is 3.33. The number of nitrogens with zero attached hydrogens (tertiary/aromatic N) is 2. The molecule has 0 amide bonds. The predicted octanol–water partition coefficient (Wildman–Crippen LogP) is 1.29. The maximum Gasteiger partial charge on any atom is 0.0946 e. The van der Waals surface area contributed by atoms with Crippen LogP contribution < -0.4 is 5.32 Å². The molecule has 0 bridgehead atoms. The lowest BCUT2D eigenvalue weighted by Gasteiger charge is -2.06. The lowest BCUT2D eigenvalue weighted by molar-refractivity contribution is 0.133. The molecule has 0 aliphatic heterocycles. The van der Waals surface area contributed by atoms with Crippen LogP contribution in [0.1, 0.15) is 19.8 Å². The van der Waals surface area contributed by atoms with Crippen LogP contribution >= 0.6 is 0 Å². The Balaban J connectivity index is 1.81. The van der Waals surface area contributed by atoms with Crippen molar-refractivity contribution in [3.8, 4) is 0 Å². The average molecular weight is 211 g/mol. The first-order valence-electron chi connectivity index (χ1n) is 5.67. The molecule has 1 heterocycles. The normalized spacial score (nSPS) is 10.7. The summed E-state index contributed by atoms with van der Waals surface area (Å²) in [5.41, 5.74) is 0. The maximum atomic E-state index is 5.43. The molecular formula is C11H21N3O. The minimum atomic E-state index is 0.809. The summed E-state index contributed by atoms with van der Waals surface area (Å²) in [7, 11) is 0. The van der Waals surface area contributed by atoms with Crippen LogP contribution in [0, 0.1) is 0 Å². The Kier molecular flexibility index (Phi) is 6.86. The van der Waals surface area contributed by atoms with Crippen molar-refractivity contribution in [3.63, 3.8) is 0 Å². The van der Waals surface area contributed by atoms with Gasteiger partial charge in [-0.3, -0.25) is 0 Å². The summed E-state index contributed by atoms with van der Waals surface area (Å²) >= 11 is 0. The van der Waals surface area contributed by atoms with Crippen LogP contribution in [0.2, 0.25) is 0 Å². The molecule has 4 nitrogen and oxygen atoms in total. The number of ether oxygens (including phenoxy) is 1. The highest BCUT2D eigenvalue weighted by Crippen LogP contribution is 1.87. The van der Waals surface area contributed by atoms with Crippen LogP contribution in [-0.4, -0.2) is 35.9 Å². The smallest absolute Gasteiger partial charge is 0.0946 e. The van der Waals surface area contributed by atoms with E-state index in [1.807, 2.05) is 12.5 Å². The number of hydrogen-bond donors (Lipinski definition) is 1. The number of aromatic nitrogens is 2. The zero-order valence-corrected chi connectivity index (χ0v) is 9.48. The quantitative estimate of drug-likeness (QED) is 0.626. The molecule has 0 aliphatic rings. The fraction of sp³-hybridized carbons (Fsp3) is 0.727. The molecule has 0 spiro atoms. The van der Waals surface area contributed by atoms with E-state index in [-0.39, 0.29) is 0 Å². The fourth-order valence-corrected chi connectivity index (χ4v) is 1.24. The Labute approximate surface area is 91.7 Å². The highest BCUT2D eigenvalue weighted by Gasteiger charge is 1.90. The van der Waals surface area contributed by atoms with Gasteiger partial charge >= 0.3 is 0 Å². The lowest BCUT2D eigenvalue weighted by atomic mass is 10.4. The Bertz CT molecular complexity index is 224. The van der Waals surface area contributed by atoms with Crippen molar-refractivity contribution in [1.29, 1.82) is 0 Å². The van der Waals surface area contributed by atoms with E-state index in [9.17, 15) is 0 Å². The molecule has 0 radical (unpaired) electrons. The van der Waals surface area contributed by atoms with Crippen molar-refractivity contribution >= 4 is 0 Å². The molecule has 86 valence electrons. The van der Waals surface area contributed by atoms with Crippen molar-refractivity contribution in [2.24, 2.45) is 0 Å². The topological polar surface area (TPSA) is 39.1 Å². The Morgan fingerprint density at radius 2 is 2.27 bits per heavy atom. The number of nitrogens with one attached hydrogen (secondary N) is 1. The number of unbranched alkanes of at least 4 members (excludes halogenated alkanes) is 1. The Morgan fingerprint density at radius 1 is 1.33 bits per heavy atom. The van der Waals surface area contributed by atoms with Crippen molar-refractivity contribution in [2.75, 3.05) is 26.3 Å². The second-order valence-corrected chi connectivity index (χ2v) is 3.52. The van der Waals surface area contributed by atoms with Crippen LogP contribution in [-0.2, 0) is 11.3 Å². The zero-order chi connectivity index (χ0) is 10.8. The summed E-state index contributed by atoms with van der Waals surface area (Å²) in [5.74, 6) is 0. The molecule has 1 aromatic rings. The van der Waals surface area contributed by atoms with E-state index in [4.69, 9.17) is 4.74 Å². The Morgan fingerprint density at radius 3 is 3.00 bits per heavy atom. The molecule has 0 atom stereocenters. The number of hydrogen-bond acceptors (Lipinski definition) is 3. The van der Waals surface area contributed by atoms with Gasteiger partial charge in [0.05, 0.1) is 12.9 Å². The van der Waals surface area contributed by atoms with E-state index in [0.29, 0.717) is 0 Å². The van der Waals surface area contributed by atoms with Crippen LogP contribution in [0.25, 0.3) is 0 Å². The third-order valence-corrected chi connectivity index (χ3v) is 2.17. The third kappa shape index (κ3) is 6.25. The van der Waals surface area contributed by atoms with Gasteiger partial charge in [0.2, 0.25) is 0 Å². The highest BCUT2D eigenvalue weighted by molar-refractivity contribution is 4.73. The Hall–Kier alpha value is -0.870. The third-order valence-electron chi connectivity index (χ3n) is 2.17. The number of rotatable bonds is 9. The van der Waals surface area contributed by atoms with Gasteiger partial charge in [-0.05, 0) is 6.42 Å². The molecule has 0 saturated carbocycles. The maximum absolute atomic E-state index is 5.43. The predicted molar refractivity (Wildman–Crippen MR) is 60.8 cm³/mol. The molecule has 0 aliphatic carbocycles. The molecular weight excluding hydrogens is 190 g/mol. The van der Waals surface area contributed by atoms with Crippen molar-refractivity contribution in [1.82, 2.24) is 14.9 Å². The molecule has 0 saturated heterocycles.